The fourth-order valence-corrected chi connectivity index (χ4v) is 9.56. The van der Waals surface area contributed by atoms with E-state index in [1.807, 2.05) is 26.8 Å². The quantitative estimate of drug-likeness (QED) is 0.0544. The van der Waals surface area contributed by atoms with Gasteiger partial charge in [-0.15, -0.1) is 0 Å². The van der Waals surface area contributed by atoms with Crippen LogP contribution in [0.25, 0.3) is 0 Å². The summed E-state index contributed by atoms with van der Waals surface area (Å²) in [4.78, 5) is 0. The van der Waals surface area contributed by atoms with Gasteiger partial charge in [0, 0.05) is 17.4 Å². The van der Waals surface area contributed by atoms with E-state index in [2.05, 4.69) is 6.58 Å². The molecule has 4 heterocycles. The number of ether oxygens (including phenoxy) is 8. The van der Waals surface area contributed by atoms with Crippen LogP contribution in [0.1, 0.15) is 76.8 Å². The number of hydrogen-bond donors (Lipinski definition) is 13. The van der Waals surface area contributed by atoms with Gasteiger partial charge in [0.1, 0.15) is 90.9 Å². The van der Waals surface area contributed by atoms with Crippen LogP contribution in [-0.2, 0) is 34.8 Å². The van der Waals surface area contributed by atoms with Crippen molar-refractivity contribution in [2.45, 2.75) is 189 Å². The molecule has 0 spiro atoms. The molecule has 0 aromatic heterocycles. The fraction of sp³-hybridized carbons (Fsp3) is 0.783. The predicted octanol–water partition coefficient (Wildman–Crippen LogP) is -2.28. The van der Waals surface area contributed by atoms with Crippen LogP contribution in [0.15, 0.2) is 35.9 Å². The second-order valence-corrected chi connectivity index (χ2v) is 18.6. The first kappa shape index (κ1) is 53.9. The Labute approximate surface area is 389 Å². The molecule has 1 aromatic carbocycles. The van der Waals surface area contributed by atoms with Crippen LogP contribution in [0.4, 0.5) is 0 Å². The molecule has 382 valence electrons. The summed E-state index contributed by atoms with van der Waals surface area (Å²) in [5.41, 5.74) is 2.89. The summed E-state index contributed by atoms with van der Waals surface area (Å²) in [6, 6.07) is 3.47. The number of allylic oxidation sites excluding steroid dienone is 3. The molecular formula is C46H72O21. The van der Waals surface area contributed by atoms with E-state index < -0.39 is 155 Å². The van der Waals surface area contributed by atoms with Gasteiger partial charge in [-0.1, -0.05) is 50.5 Å². The third kappa shape index (κ3) is 11.7. The summed E-state index contributed by atoms with van der Waals surface area (Å²) in [7, 11) is 0. The molecule has 0 amide bonds. The Bertz CT molecular complexity index is 1780. The van der Waals surface area contributed by atoms with Crippen molar-refractivity contribution >= 4 is 0 Å². The summed E-state index contributed by atoms with van der Waals surface area (Å²) < 4.78 is 48.1. The zero-order chi connectivity index (χ0) is 49.0. The molecule has 4 aliphatic heterocycles. The average Bonchev–Trinajstić information content (AvgIpc) is 3.30. The number of aliphatic hydroxyl groups excluding tert-OH is 13. The molecular weight excluding hydrogens is 888 g/mol. The summed E-state index contributed by atoms with van der Waals surface area (Å²) in [5.74, 6) is -1.23. The molecule has 4 fully saturated rings. The molecule has 5 aliphatic rings. The average molecular weight is 961 g/mol. The van der Waals surface area contributed by atoms with E-state index in [-0.39, 0.29) is 17.4 Å². The zero-order valence-electron chi connectivity index (χ0n) is 38.3. The van der Waals surface area contributed by atoms with Crippen LogP contribution in [0, 0.1) is 11.8 Å². The van der Waals surface area contributed by atoms with Gasteiger partial charge in [0.15, 0.2) is 12.6 Å². The van der Waals surface area contributed by atoms with Crippen molar-refractivity contribution in [3.05, 3.63) is 47.1 Å². The minimum Gasteiger partial charge on any atom is -0.462 e. The fourth-order valence-electron chi connectivity index (χ4n) is 9.56. The maximum atomic E-state index is 12.1. The predicted molar refractivity (Wildman–Crippen MR) is 231 cm³/mol. The largest absolute Gasteiger partial charge is 0.462 e. The number of aliphatic hydroxyl groups is 13. The number of unbranched alkanes of at least 4 members (excludes halogenated alkanes) is 2. The molecule has 21 heteroatoms. The topological polar surface area (TPSA) is 337 Å². The Balaban J connectivity index is 1.37. The van der Waals surface area contributed by atoms with E-state index in [1.165, 1.54) is 6.92 Å². The molecule has 0 saturated carbocycles. The standard InChI is InChI=1S/C46H72O21/c1-6-7-8-9-22-13-25(60-43-38(57)36(55)33(52)28(16-48)63-43)31(24-12-20(4)10-11-23(24)19(2)3)26(14-22)61-45-39(58)41(34(53)29(17-49)64-45)67-46-40(59)42(35(54)30(18-50)65-46)66-44-37(56)32(51)21(5)27(15-47)62-44/h12-14,21,23-24,27-30,32-59H,2,6-11,15-18H2,1,3-5H3/t21-,23+,24-,27-,28+,29-,30-,32+,33+,34-,35-,36-,37-,38+,39-,40-,41+,42+,43+,44+,45-,46+/m1/s1. The van der Waals surface area contributed by atoms with Crippen molar-refractivity contribution in [2.75, 3.05) is 26.4 Å². The highest BCUT2D eigenvalue weighted by molar-refractivity contribution is 5.53. The molecule has 1 aliphatic carbocycles. The molecule has 67 heavy (non-hydrogen) atoms. The van der Waals surface area contributed by atoms with Gasteiger partial charge in [-0.25, -0.2) is 0 Å². The Morgan fingerprint density at radius 1 is 0.612 bits per heavy atom. The lowest BCUT2D eigenvalue weighted by Gasteiger charge is -2.48. The van der Waals surface area contributed by atoms with Gasteiger partial charge in [-0.3, -0.25) is 0 Å². The summed E-state index contributed by atoms with van der Waals surface area (Å²) in [6.45, 7) is 8.73. The van der Waals surface area contributed by atoms with Gasteiger partial charge in [-0.2, -0.15) is 0 Å². The SMILES string of the molecule is C=C(C)[C@@H]1CCC(C)=C[C@H]1c1c(O[C@H]2O[C@@H](CO)[C@H](O)[C@@H](O)[C@@H]2O)cc(CCCCC)cc1O[C@@H]1O[C@H](CO)[C@@H](O)[C@H](O[C@@H]2O[C@H](CO)[C@@H](O)[C@H](O[C@@H]3O[C@H](CO)[C@@H](C)[C@H](O)[C@H]3O)[C@H]2O)[C@H]1O. The smallest absolute Gasteiger partial charge is 0.229 e. The number of rotatable bonds is 18. The van der Waals surface area contributed by atoms with Gasteiger partial charge in [0.2, 0.25) is 12.6 Å². The van der Waals surface area contributed by atoms with E-state index in [0.29, 0.717) is 24.0 Å². The number of benzene rings is 1. The van der Waals surface area contributed by atoms with Crippen molar-refractivity contribution in [3.63, 3.8) is 0 Å². The van der Waals surface area contributed by atoms with Gasteiger partial charge < -0.3 is 104 Å². The lowest BCUT2D eigenvalue weighted by Crippen LogP contribution is -2.66. The number of aryl methyl sites for hydroxylation is 1. The lowest BCUT2D eigenvalue weighted by atomic mass is 9.73. The summed E-state index contributed by atoms with van der Waals surface area (Å²) in [5, 5.41) is 141. The van der Waals surface area contributed by atoms with Gasteiger partial charge >= 0.3 is 0 Å². The van der Waals surface area contributed by atoms with Crippen molar-refractivity contribution in [1.29, 1.82) is 0 Å². The van der Waals surface area contributed by atoms with Crippen LogP contribution in [-0.4, -0.2) is 210 Å². The van der Waals surface area contributed by atoms with E-state index in [4.69, 9.17) is 37.9 Å². The first-order chi connectivity index (χ1) is 31.9. The molecule has 0 radical (unpaired) electrons. The van der Waals surface area contributed by atoms with E-state index in [0.717, 1.165) is 36.8 Å². The lowest BCUT2D eigenvalue weighted by molar-refractivity contribution is -0.376. The Morgan fingerprint density at radius 2 is 1.07 bits per heavy atom. The highest BCUT2D eigenvalue weighted by atomic mass is 16.8. The van der Waals surface area contributed by atoms with Crippen LogP contribution in [0.3, 0.4) is 0 Å². The summed E-state index contributed by atoms with van der Waals surface area (Å²) >= 11 is 0. The molecule has 21 nitrogen and oxygen atoms in total. The maximum Gasteiger partial charge on any atom is 0.229 e. The minimum atomic E-state index is -1.99. The van der Waals surface area contributed by atoms with Crippen LogP contribution >= 0.6 is 0 Å². The molecule has 0 bridgehead atoms. The molecule has 0 unspecified atom stereocenters. The molecule has 22 atom stereocenters. The first-order valence-electron chi connectivity index (χ1n) is 23.2. The van der Waals surface area contributed by atoms with Crippen LogP contribution in [0.5, 0.6) is 11.5 Å². The first-order valence-corrected chi connectivity index (χ1v) is 23.2. The van der Waals surface area contributed by atoms with E-state index in [9.17, 15) is 66.4 Å². The monoisotopic (exact) mass is 960 g/mol. The second kappa shape index (κ2) is 23.6. The molecule has 13 N–H and O–H groups in total. The van der Waals surface area contributed by atoms with Gasteiger partial charge in [0.25, 0.3) is 0 Å². The van der Waals surface area contributed by atoms with Crippen molar-refractivity contribution in [1.82, 2.24) is 0 Å². The minimum absolute atomic E-state index is 0.0984. The number of hydrogen-bond acceptors (Lipinski definition) is 21. The normalized spacial score (nSPS) is 42.8. The Hall–Kier alpha value is -2.46. The second-order valence-electron chi connectivity index (χ2n) is 18.6. The van der Waals surface area contributed by atoms with E-state index >= 15 is 0 Å². The zero-order valence-corrected chi connectivity index (χ0v) is 38.3. The molecule has 6 rings (SSSR count). The third-order valence-corrected chi connectivity index (χ3v) is 13.8. The third-order valence-electron chi connectivity index (χ3n) is 13.8. The molecule has 1 aromatic rings. The van der Waals surface area contributed by atoms with Crippen molar-refractivity contribution in [3.8, 4) is 11.5 Å². The van der Waals surface area contributed by atoms with Crippen molar-refractivity contribution < 1.29 is 104 Å². The van der Waals surface area contributed by atoms with Crippen LogP contribution < -0.4 is 9.47 Å². The van der Waals surface area contributed by atoms with E-state index in [1.54, 1.807) is 12.1 Å². The highest BCUT2D eigenvalue weighted by Crippen LogP contribution is 2.49. The Morgan fingerprint density at radius 3 is 1.60 bits per heavy atom. The highest BCUT2D eigenvalue weighted by Gasteiger charge is 2.54. The van der Waals surface area contributed by atoms with Crippen molar-refractivity contribution in [2.24, 2.45) is 11.8 Å². The van der Waals surface area contributed by atoms with Gasteiger partial charge in [0.05, 0.1) is 38.6 Å². The maximum absolute atomic E-state index is 12.1. The summed E-state index contributed by atoms with van der Waals surface area (Å²) in [6.07, 6.45) is -25.2. The van der Waals surface area contributed by atoms with Gasteiger partial charge in [-0.05, 0) is 63.1 Å². The Kier molecular flexibility index (Phi) is 19.0. The molecule has 4 saturated heterocycles. The van der Waals surface area contributed by atoms with Crippen LogP contribution in [0.2, 0.25) is 0 Å².